The van der Waals surface area contributed by atoms with E-state index in [9.17, 15) is 0 Å². The lowest BCUT2D eigenvalue weighted by atomic mass is 10.1. The Bertz CT molecular complexity index is 685. The molecule has 0 spiro atoms. The molecule has 0 amide bonds. The topological polar surface area (TPSA) is 13.0 Å². The molecule has 0 aromatic rings. The Labute approximate surface area is 342 Å². The van der Waals surface area contributed by atoms with Gasteiger partial charge in [0, 0.05) is 0 Å². The Morgan fingerprint density at radius 3 is 0.741 bits per heavy atom. The van der Waals surface area contributed by atoms with Gasteiger partial charge in [0.25, 0.3) is 0 Å². The summed E-state index contributed by atoms with van der Waals surface area (Å²) in [6.45, 7) is 14.7. The maximum atomic E-state index is 2.81. The summed E-state index contributed by atoms with van der Waals surface area (Å²) < 4.78 is 0. The largest absolute Gasteiger partial charge is 0.309 e. The van der Waals surface area contributed by atoms with Crippen LogP contribution in [-0.4, -0.2) is 100 Å². The number of hydrogen-bond acceptors (Lipinski definition) is 4. The Morgan fingerprint density at radius 2 is 0.463 bits per heavy atom. The third-order valence-corrected chi connectivity index (χ3v) is 11.3. The minimum Gasteiger partial charge on any atom is -0.309 e. The van der Waals surface area contributed by atoms with Crippen LogP contribution in [0.1, 0.15) is 219 Å². The van der Waals surface area contributed by atoms with Gasteiger partial charge in [0.15, 0.2) is 0 Å². The molecule has 0 saturated heterocycles. The van der Waals surface area contributed by atoms with Crippen molar-refractivity contribution in [1.29, 1.82) is 0 Å². The van der Waals surface area contributed by atoms with E-state index < -0.39 is 0 Å². The molecule has 0 aromatic carbocycles. The van der Waals surface area contributed by atoms with Gasteiger partial charge in [-0.15, -0.1) is 0 Å². The number of allylic oxidation sites excluding steroid dienone is 4. The van der Waals surface area contributed by atoms with E-state index in [1.54, 1.807) is 0 Å². The first-order valence-electron chi connectivity index (χ1n) is 24.5. The van der Waals surface area contributed by atoms with E-state index in [2.05, 4.69) is 85.9 Å². The molecule has 0 radical (unpaired) electrons. The normalized spacial score (nSPS) is 12.4. The van der Waals surface area contributed by atoms with Gasteiger partial charge in [0.05, 0.1) is 0 Å². The molecule has 0 heterocycles. The standard InChI is InChI=1S/C50H102N4/c1-7-9-11-13-15-17-19-21-23-25-27-29-31-33-35-37-45-53(49-41-43-51(3)4)47-39-40-48-54(50-42-44-52(5)6)46-38-36-34-32-30-28-26-24-22-20-18-16-14-12-10-8-2/h21-24H,7-20,25-50H2,1-6H3/b23-21-,24-22-. The van der Waals surface area contributed by atoms with Crippen LogP contribution in [0, 0.1) is 0 Å². The second-order valence-electron chi connectivity index (χ2n) is 17.6. The van der Waals surface area contributed by atoms with Crippen molar-refractivity contribution in [2.45, 2.75) is 219 Å². The minimum absolute atomic E-state index is 1.21. The number of hydrogen-bond donors (Lipinski definition) is 0. The molecule has 0 bridgehead atoms. The predicted molar refractivity (Wildman–Crippen MR) is 247 cm³/mol. The quantitative estimate of drug-likeness (QED) is 0.0453. The number of rotatable bonds is 45. The highest BCUT2D eigenvalue weighted by Gasteiger charge is 2.09. The minimum atomic E-state index is 1.21. The van der Waals surface area contributed by atoms with Gasteiger partial charge in [-0.25, -0.2) is 0 Å². The van der Waals surface area contributed by atoms with Crippen molar-refractivity contribution in [2.75, 3.05) is 80.5 Å². The van der Waals surface area contributed by atoms with E-state index in [1.807, 2.05) is 0 Å². The van der Waals surface area contributed by atoms with Crippen molar-refractivity contribution in [3.05, 3.63) is 24.3 Å². The van der Waals surface area contributed by atoms with Crippen molar-refractivity contribution < 1.29 is 0 Å². The average Bonchev–Trinajstić information content (AvgIpc) is 3.15. The van der Waals surface area contributed by atoms with Crippen LogP contribution in [0.5, 0.6) is 0 Å². The van der Waals surface area contributed by atoms with Crippen LogP contribution < -0.4 is 0 Å². The first-order valence-corrected chi connectivity index (χ1v) is 24.5. The SMILES string of the molecule is CCCCCCCC/C=C\CCCCCCCCN(CCCCN(CCCCCCCC/C=C\CCCCCCCC)CCCN(C)C)CCCN(C)C. The first kappa shape index (κ1) is 53.3. The fourth-order valence-corrected chi connectivity index (χ4v) is 7.73. The molecule has 0 atom stereocenters. The molecule has 0 rings (SSSR count). The Morgan fingerprint density at radius 1 is 0.241 bits per heavy atom. The highest BCUT2D eigenvalue weighted by Crippen LogP contribution is 2.13. The fraction of sp³-hybridized carbons (Fsp3) is 0.920. The summed E-state index contributed by atoms with van der Waals surface area (Å²) in [6.07, 6.45) is 54.1. The molecular weight excluding hydrogens is 657 g/mol. The van der Waals surface area contributed by atoms with Gasteiger partial charge in [0.1, 0.15) is 0 Å². The van der Waals surface area contributed by atoms with E-state index in [-0.39, 0.29) is 0 Å². The lowest BCUT2D eigenvalue weighted by molar-refractivity contribution is 0.222. The van der Waals surface area contributed by atoms with E-state index in [4.69, 9.17) is 0 Å². The van der Waals surface area contributed by atoms with Crippen LogP contribution in [-0.2, 0) is 0 Å². The Kier molecular flexibility index (Phi) is 44.5. The highest BCUT2D eigenvalue weighted by atomic mass is 15.1. The van der Waals surface area contributed by atoms with Crippen molar-refractivity contribution in [1.82, 2.24) is 19.6 Å². The molecule has 322 valence electrons. The molecule has 4 nitrogen and oxygen atoms in total. The second kappa shape index (κ2) is 45.0. The third kappa shape index (κ3) is 44.0. The third-order valence-electron chi connectivity index (χ3n) is 11.3. The van der Waals surface area contributed by atoms with Gasteiger partial charge >= 0.3 is 0 Å². The lowest BCUT2D eigenvalue weighted by Crippen LogP contribution is -2.32. The second-order valence-corrected chi connectivity index (χ2v) is 17.6. The molecule has 54 heavy (non-hydrogen) atoms. The van der Waals surface area contributed by atoms with Gasteiger partial charge in [-0.05, 0) is 170 Å². The molecule has 0 fully saturated rings. The maximum Gasteiger partial charge on any atom is -0.000655 e. The van der Waals surface area contributed by atoms with Crippen LogP contribution >= 0.6 is 0 Å². The van der Waals surface area contributed by atoms with Crippen molar-refractivity contribution in [3.8, 4) is 0 Å². The van der Waals surface area contributed by atoms with E-state index in [1.165, 1.54) is 258 Å². The average molecular weight is 759 g/mol. The summed E-state index contributed by atoms with van der Waals surface area (Å²) in [5.41, 5.74) is 0. The Balaban J connectivity index is 4.18. The molecular formula is C50H102N4. The van der Waals surface area contributed by atoms with Gasteiger partial charge in [0.2, 0.25) is 0 Å². The van der Waals surface area contributed by atoms with Gasteiger partial charge in [-0.1, -0.05) is 154 Å². The van der Waals surface area contributed by atoms with Gasteiger partial charge in [-0.2, -0.15) is 0 Å². The smallest absolute Gasteiger partial charge is 0.000655 e. The van der Waals surface area contributed by atoms with E-state index in [0.29, 0.717) is 0 Å². The van der Waals surface area contributed by atoms with Crippen LogP contribution in [0.25, 0.3) is 0 Å². The van der Waals surface area contributed by atoms with Crippen LogP contribution in [0.15, 0.2) is 24.3 Å². The molecule has 0 saturated carbocycles. The lowest BCUT2D eigenvalue weighted by Gasteiger charge is -2.25. The Hall–Kier alpha value is -0.680. The van der Waals surface area contributed by atoms with Crippen molar-refractivity contribution in [3.63, 3.8) is 0 Å². The zero-order valence-electron chi connectivity index (χ0n) is 38.4. The maximum absolute atomic E-state index is 2.81. The summed E-state index contributed by atoms with van der Waals surface area (Å²) in [5, 5.41) is 0. The number of nitrogens with zero attached hydrogens (tertiary/aromatic N) is 4. The van der Waals surface area contributed by atoms with Crippen molar-refractivity contribution in [2.24, 2.45) is 0 Å². The summed E-state index contributed by atoms with van der Waals surface area (Å²) >= 11 is 0. The summed E-state index contributed by atoms with van der Waals surface area (Å²) in [4.78, 5) is 10.3. The van der Waals surface area contributed by atoms with Crippen LogP contribution in [0.3, 0.4) is 0 Å². The molecule has 0 unspecified atom stereocenters. The molecule has 4 heteroatoms. The summed E-state index contributed by atoms with van der Waals surface area (Å²) in [6, 6.07) is 0. The van der Waals surface area contributed by atoms with Crippen molar-refractivity contribution >= 4 is 0 Å². The van der Waals surface area contributed by atoms with E-state index in [0.717, 1.165) is 0 Å². The number of unbranched alkanes of at least 4 members (excludes halogenated alkanes) is 25. The summed E-state index contributed by atoms with van der Waals surface area (Å²) in [5.74, 6) is 0. The fourth-order valence-electron chi connectivity index (χ4n) is 7.73. The molecule has 0 N–H and O–H groups in total. The summed E-state index contributed by atoms with van der Waals surface area (Å²) in [7, 11) is 8.88. The molecule has 0 aliphatic rings. The molecule has 0 aliphatic heterocycles. The monoisotopic (exact) mass is 759 g/mol. The zero-order chi connectivity index (χ0) is 39.4. The first-order chi connectivity index (χ1) is 26.5. The predicted octanol–water partition coefficient (Wildman–Crippen LogP) is 14.3. The molecule has 0 aliphatic carbocycles. The van der Waals surface area contributed by atoms with Crippen LogP contribution in [0.4, 0.5) is 0 Å². The van der Waals surface area contributed by atoms with Gasteiger partial charge in [-0.3, -0.25) is 0 Å². The molecule has 0 aromatic heterocycles. The highest BCUT2D eigenvalue weighted by molar-refractivity contribution is 4.82. The van der Waals surface area contributed by atoms with E-state index >= 15 is 0 Å². The van der Waals surface area contributed by atoms with Gasteiger partial charge < -0.3 is 19.6 Å². The zero-order valence-corrected chi connectivity index (χ0v) is 38.4. The van der Waals surface area contributed by atoms with Crippen LogP contribution in [0.2, 0.25) is 0 Å².